The van der Waals surface area contributed by atoms with Crippen LogP contribution in [0.4, 0.5) is 0 Å². The Kier molecular flexibility index (Phi) is 4.22. The second kappa shape index (κ2) is 5.22. The summed E-state index contributed by atoms with van der Waals surface area (Å²) in [6.07, 6.45) is 0. The van der Waals surface area contributed by atoms with E-state index in [1.165, 1.54) is 0 Å². The van der Waals surface area contributed by atoms with Gasteiger partial charge in [-0.2, -0.15) is 0 Å². The first-order valence-corrected chi connectivity index (χ1v) is 5.08. The van der Waals surface area contributed by atoms with Gasteiger partial charge in [0.15, 0.2) is 11.5 Å². The van der Waals surface area contributed by atoms with Gasteiger partial charge < -0.3 is 9.26 Å². The largest absolute Gasteiger partial charge is 0.461 e. The Labute approximate surface area is 91.1 Å². The number of esters is 1. The maximum atomic E-state index is 11.3. The average Bonchev–Trinajstić information content (AvgIpc) is 2.60. The van der Waals surface area contributed by atoms with E-state index >= 15 is 0 Å². The van der Waals surface area contributed by atoms with Gasteiger partial charge in [-0.1, -0.05) is 5.16 Å². The Morgan fingerprint density at radius 3 is 2.71 bits per heavy atom. The summed E-state index contributed by atoms with van der Waals surface area (Å²) in [6, 6.07) is 0. The Hall–Kier alpha value is -0.740. The summed E-state index contributed by atoms with van der Waals surface area (Å²) in [5, 5.41) is 3.56. The van der Waals surface area contributed by atoms with E-state index in [9.17, 15) is 4.79 Å². The molecule has 1 rings (SSSR count). The molecule has 0 aromatic carbocycles. The van der Waals surface area contributed by atoms with E-state index in [-0.39, 0.29) is 24.1 Å². The van der Waals surface area contributed by atoms with Crippen LogP contribution in [0.2, 0.25) is 0 Å². The third-order valence-electron chi connectivity index (χ3n) is 1.59. The van der Waals surface area contributed by atoms with Gasteiger partial charge in [-0.25, -0.2) is 4.79 Å². The Bertz CT molecular complexity index is 324. The van der Waals surface area contributed by atoms with Crippen LogP contribution < -0.4 is 0 Å². The van der Waals surface area contributed by atoms with E-state index in [1.807, 2.05) is 0 Å². The molecule has 1 aromatic rings. The highest BCUT2D eigenvalue weighted by Gasteiger charge is 2.21. The number of nitrogens with zero attached hydrogens (tertiary/aromatic N) is 1. The van der Waals surface area contributed by atoms with Gasteiger partial charge >= 0.3 is 5.97 Å². The van der Waals surface area contributed by atoms with Gasteiger partial charge in [0.2, 0.25) is 0 Å². The van der Waals surface area contributed by atoms with E-state index in [1.54, 1.807) is 6.92 Å². The standard InChI is InChI=1S/C8H9Cl2NO3/c1-2-13-8(12)7-5(3-9)6(4-10)14-11-7/h2-4H2,1H3. The average molecular weight is 238 g/mol. The molecule has 4 nitrogen and oxygen atoms in total. The molecule has 0 saturated heterocycles. The monoisotopic (exact) mass is 237 g/mol. The van der Waals surface area contributed by atoms with Crippen molar-refractivity contribution >= 4 is 29.2 Å². The zero-order chi connectivity index (χ0) is 10.6. The lowest BCUT2D eigenvalue weighted by Gasteiger charge is -1.98. The van der Waals surface area contributed by atoms with Gasteiger partial charge in [0.25, 0.3) is 0 Å². The van der Waals surface area contributed by atoms with Crippen molar-refractivity contribution in [3.63, 3.8) is 0 Å². The SMILES string of the molecule is CCOC(=O)c1noc(CCl)c1CCl. The minimum atomic E-state index is -0.539. The number of aromatic nitrogens is 1. The first-order chi connectivity index (χ1) is 6.74. The number of hydrogen-bond acceptors (Lipinski definition) is 4. The molecule has 0 aliphatic carbocycles. The Morgan fingerprint density at radius 1 is 1.50 bits per heavy atom. The third-order valence-corrected chi connectivity index (χ3v) is 2.10. The first kappa shape index (κ1) is 11.3. The van der Waals surface area contributed by atoms with Gasteiger partial charge in [0.05, 0.1) is 18.4 Å². The Morgan fingerprint density at radius 2 is 2.21 bits per heavy atom. The van der Waals surface area contributed by atoms with E-state index in [4.69, 9.17) is 32.5 Å². The summed E-state index contributed by atoms with van der Waals surface area (Å²) < 4.78 is 9.60. The van der Waals surface area contributed by atoms with Crippen LogP contribution in [0.5, 0.6) is 0 Å². The molecule has 14 heavy (non-hydrogen) atoms. The normalized spacial score (nSPS) is 10.2. The molecule has 0 N–H and O–H groups in total. The van der Waals surface area contributed by atoms with Crippen LogP contribution in [-0.4, -0.2) is 17.7 Å². The Balaban J connectivity index is 2.96. The molecule has 0 aliphatic rings. The summed E-state index contributed by atoms with van der Waals surface area (Å²) in [4.78, 5) is 11.3. The van der Waals surface area contributed by atoms with E-state index < -0.39 is 5.97 Å². The van der Waals surface area contributed by atoms with E-state index in [2.05, 4.69) is 5.16 Å². The number of rotatable bonds is 4. The minimum Gasteiger partial charge on any atom is -0.461 e. The molecule has 0 aliphatic heterocycles. The second-order valence-electron chi connectivity index (χ2n) is 2.42. The molecule has 0 unspecified atom stereocenters. The fourth-order valence-electron chi connectivity index (χ4n) is 0.946. The van der Waals surface area contributed by atoms with Gasteiger partial charge in [-0.05, 0) is 6.92 Å². The van der Waals surface area contributed by atoms with Gasteiger partial charge in [-0.15, -0.1) is 23.2 Å². The fraction of sp³-hybridized carbons (Fsp3) is 0.500. The van der Waals surface area contributed by atoms with Crippen LogP contribution in [0.1, 0.15) is 28.7 Å². The van der Waals surface area contributed by atoms with Crippen molar-refractivity contribution in [2.24, 2.45) is 0 Å². The number of hydrogen-bond donors (Lipinski definition) is 0. The van der Waals surface area contributed by atoms with Crippen molar-refractivity contribution in [2.75, 3.05) is 6.61 Å². The zero-order valence-corrected chi connectivity index (χ0v) is 9.06. The first-order valence-electron chi connectivity index (χ1n) is 4.01. The van der Waals surface area contributed by atoms with Crippen LogP contribution in [0.25, 0.3) is 0 Å². The van der Waals surface area contributed by atoms with Gasteiger partial charge in [0.1, 0.15) is 0 Å². The molecule has 0 fully saturated rings. The van der Waals surface area contributed by atoms with Crippen LogP contribution >= 0.6 is 23.2 Å². The van der Waals surface area contributed by atoms with Gasteiger partial charge in [-0.3, -0.25) is 0 Å². The maximum Gasteiger partial charge on any atom is 0.360 e. The highest BCUT2D eigenvalue weighted by atomic mass is 35.5. The molecule has 0 atom stereocenters. The van der Waals surface area contributed by atoms with E-state index in [0.717, 1.165) is 0 Å². The second-order valence-corrected chi connectivity index (χ2v) is 2.96. The molecule has 6 heteroatoms. The number of halogens is 2. The van der Waals surface area contributed by atoms with Crippen molar-refractivity contribution in [1.82, 2.24) is 5.16 Å². The molecule has 0 saturated carbocycles. The lowest BCUT2D eigenvalue weighted by atomic mass is 10.2. The van der Waals surface area contributed by atoms with Crippen LogP contribution in [0.15, 0.2) is 4.52 Å². The highest BCUT2D eigenvalue weighted by Crippen LogP contribution is 2.19. The lowest BCUT2D eigenvalue weighted by Crippen LogP contribution is -2.07. The topological polar surface area (TPSA) is 52.3 Å². The molecule has 1 aromatic heterocycles. The van der Waals surface area contributed by atoms with Crippen molar-refractivity contribution in [3.8, 4) is 0 Å². The summed E-state index contributed by atoms with van der Waals surface area (Å²) >= 11 is 11.2. The van der Waals surface area contributed by atoms with Crippen LogP contribution in [0, 0.1) is 0 Å². The number of carbonyl (C=O) groups is 1. The molecule has 0 amide bonds. The van der Waals surface area contributed by atoms with Crippen molar-refractivity contribution in [2.45, 2.75) is 18.7 Å². The third kappa shape index (κ3) is 2.19. The molecule has 0 radical (unpaired) electrons. The van der Waals surface area contributed by atoms with Crippen LogP contribution in [-0.2, 0) is 16.5 Å². The summed E-state index contributed by atoms with van der Waals surface area (Å²) in [6.45, 7) is 1.99. The molecule has 78 valence electrons. The summed E-state index contributed by atoms with van der Waals surface area (Å²) in [7, 11) is 0. The quantitative estimate of drug-likeness (QED) is 0.596. The number of alkyl halides is 2. The minimum absolute atomic E-state index is 0.109. The predicted molar refractivity (Wildman–Crippen MR) is 51.6 cm³/mol. The van der Waals surface area contributed by atoms with Gasteiger partial charge in [0, 0.05) is 5.56 Å². The van der Waals surface area contributed by atoms with Crippen molar-refractivity contribution < 1.29 is 14.1 Å². The number of ether oxygens (including phenoxy) is 1. The maximum absolute atomic E-state index is 11.3. The van der Waals surface area contributed by atoms with Crippen molar-refractivity contribution in [3.05, 3.63) is 17.0 Å². The molecule has 1 heterocycles. The van der Waals surface area contributed by atoms with E-state index in [0.29, 0.717) is 11.3 Å². The smallest absolute Gasteiger partial charge is 0.360 e. The highest BCUT2D eigenvalue weighted by molar-refractivity contribution is 6.19. The summed E-state index contributed by atoms with van der Waals surface area (Å²) in [5.41, 5.74) is 0.609. The summed E-state index contributed by atoms with van der Waals surface area (Å²) in [5.74, 6) is 0.127. The molecular formula is C8H9Cl2NO3. The predicted octanol–water partition coefficient (Wildman–Crippen LogP) is 2.33. The van der Waals surface area contributed by atoms with Crippen LogP contribution in [0.3, 0.4) is 0 Å². The molecule has 0 bridgehead atoms. The number of carbonyl (C=O) groups excluding carboxylic acids is 1. The zero-order valence-electron chi connectivity index (χ0n) is 7.55. The molecule has 0 spiro atoms. The lowest BCUT2D eigenvalue weighted by molar-refractivity contribution is 0.0513. The molecular weight excluding hydrogens is 229 g/mol. The van der Waals surface area contributed by atoms with Crippen molar-refractivity contribution in [1.29, 1.82) is 0 Å². The fourth-order valence-corrected chi connectivity index (χ4v) is 1.43.